The first-order valence-corrected chi connectivity index (χ1v) is 9.92. The van der Waals surface area contributed by atoms with E-state index in [4.69, 9.17) is 17.2 Å². The van der Waals surface area contributed by atoms with Crippen molar-refractivity contribution in [2.24, 2.45) is 22.2 Å². The second kappa shape index (κ2) is 14.4. The number of aliphatic imine (C=N–C) groups is 1. The molecule has 14 nitrogen and oxygen atoms in total. The third-order valence-electron chi connectivity index (χ3n) is 4.01. The van der Waals surface area contributed by atoms with E-state index in [1.807, 2.05) is 0 Å². The summed E-state index contributed by atoms with van der Waals surface area (Å²) in [5, 5.41) is 34.6. The Hall–Kier alpha value is -2.62. The van der Waals surface area contributed by atoms with Crippen molar-refractivity contribution in [3.63, 3.8) is 0 Å². The summed E-state index contributed by atoms with van der Waals surface area (Å²) < 4.78 is 0. The molecule has 0 saturated carbocycles. The van der Waals surface area contributed by atoms with Crippen LogP contribution in [-0.2, 0) is 19.2 Å². The van der Waals surface area contributed by atoms with Crippen LogP contribution >= 0.6 is 12.6 Å². The molecule has 0 aliphatic carbocycles. The Morgan fingerprint density at radius 3 is 1.97 bits per heavy atom. The zero-order valence-corrected chi connectivity index (χ0v) is 17.9. The molecule has 31 heavy (non-hydrogen) atoms. The molecular weight excluding hydrogens is 434 g/mol. The predicted molar refractivity (Wildman–Crippen MR) is 114 cm³/mol. The fourth-order valence-corrected chi connectivity index (χ4v) is 2.44. The Balaban J connectivity index is 4.97. The second-order valence-electron chi connectivity index (χ2n) is 6.60. The van der Waals surface area contributed by atoms with Gasteiger partial charge in [0.2, 0.25) is 17.7 Å². The Bertz CT molecular complexity index is 658. The Labute approximate surface area is 184 Å². The van der Waals surface area contributed by atoms with Crippen LogP contribution in [0.4, 0.5) is 0 Å². The summed E-state index contributed by atoms with van der Waals surface area (Å²) in [4.78, 5) is 51.7. The first kappa shape index (κ1) is 28.4. The molecule has 0 spiro atoms. The van der Waals surface area contributed by atoms with E-state index in [1.165, 1.54) is 6.92 Å². The number of nitrogens with two attached hydrogens (primary N) is 3. The van der Waals surface area contributed by atoms with E-state index >= 15 is 0 Å². The van der Waals surface area contributed by atoms with E-state index in [-0.39, 0.29) is 31.1 Å². The minimum Gasteiger partial charge on any atom is -0.480 e. The number of guanidine groups is 1. The van der Waals surface area contributed by atoms with Crippen molar-refractivity contribution < 1.29 is 34.5 Å². The van der Waals surface area contributed by atoms with Gasteiger partial charge in [-0.3, -0.25) is 19.4 Å². The van der Waals surface area contributed by atoms with Crippen LogP contribution in [0.5, 0.6) is 0 Å². The number of aliphatic hydroxyl groups excluding tert-OH is 2. The predicted octanol–water partition coefficient (Wildman–Crippen LogP) is -4.79. The third-order valence-corrected chi connectivity index (χ3v) is 4.38. The van der Waals surface area contributed by atoms with Crippen molar-refractivity contribution in [1.29, 1.82) is 0 Å². The SMILES string of the molecule is CC(O)C(N)C(=O)NC(CO)C(=O)NC(CS)C(=O)NC(CCCN=C(N)N)C(=O)O. The summed E-state index contributed by atoms with van der Waals surface area (Å²) in [6.07, 6.45) is -0.898. The Morgan fingerprint density at radius 1 is 1.00 bits per heavy atom. The fraction of sp³-hybridized carbons (Fsp3) is 0.688. The molecule has 178 valence electrons. The highest BCUT2D eigenvalue weighted by molar-refractivity contribution is 7.80. The maximum atomic E-state index is 12.4. The lowest BCUT2D eigenvalue weighted by Gasteiger charge is -2.24. The Morgan fingerprint density at radius 2 is 1.52 bits per heavy atom. The van der Waals surface area contributed by atoms with Crippen molar-refractivity contribution in [3.8, 4) is 0 Å². The number of carboxylic acid groups (broad SMARTS) is 1. The molecule has 0 aromatic rings. The second-order valence-corrected chi connectivity index (χ2v) is 6.97. The van der Waals surface area contributed by atoms with Crippen molar-refractivity contribution in [1.82, 2.24) is 16.0 Å². The molecule has 0 aliphatic rings. The molecule has 15 heteroatoms. The number of hydrogen-bond donors (Lipinski definition) is 10. The van der Waals surface area contributed by atoms with Crippen LogP contribution in [0.15, 0.2) is 4.99 Å². The lowest BCUT2D eigenvalue weighted by molar-refractivity contribution is -0.142. The highest BCUT2D eigenvalue weighted by Crippen LogP contribution is 2.01. The zero-order valence-electron chi connectivity index (χ0n) is 17.0. The quantitative estimate of drug-likeness (QED) is 0.0506. The summed E-state index contributed by atoms with van der Waals surface area (Å²) in [6.45, 7) is 0.629. The molecule has 0 rings (SSSR count). The molecular formula is C16H31N7O7S. The van der Waals surface area contributed by atoms with E-state index in [0.29, 0.717) is 0 Å². The molecule has 5 atom stereocenters. The molecule has 0 saturated heterocycles. The normalized spacial score (nSPS) is 15.5. The lowest BCUT2D eigenvalue weighted by Crippen LogP contribution is -2.59. The van der Waals surface area contributed by atoms with E-state index < -0.39 is 60.6 Å². The molecule has 0 fully saturated rings. The van der Waals surface area contributed by atoms with Gasteiger partial charge in [0, 0.05) is 12.3 Å². The van der Waals surface area contributed by atoms with Gasteiger partial charge in [0.05, 0.1) is 12.7 Å². The molecule has 0 aromatic heterocycles. The topological polar surface area (TPSA) is 255 Å². The molecule has 12 N–H and O–H groups in total. The first-order chi connectivity index (χ1) is 14.4. The smallest absolute Gasteiger partial charge is 0.326 e. The summed E-state index contributed by atoms with van der Waals surface area (Å²) in [5.41, 5.74) is 15.8. The van der Waals surface area contributed by atoms with Gasteiger partial charge in [0.1, 0.15) is 24.2 Å². The maximum Gasteiger partial charge on any atom is 0.326 e. The van der Waals surface area contributed by atoms with Crippen LogP contribution < -0.4 is 33.2 Å². The van der Waals surface area contributed by atoms with Crippen molar-refractivity contribution in [2.45, 2.75) is 50.0 Å². The van der Waals surface area contributed by atoms with Crippen LogP contribution in [0, 0.1) is 0 Å². The molecule has 3 amide bonds. The number of nitrogens with one attached hydrogen (secondary N) is 3. The number of carbonyl (C=O) groups is 4. The van der Waals surface area contributed by atoms with Crippen molar-refractivity contribution in [3.05, 3.63) is 0 Å². The summed E-state index contributed by atoms with van der Waals surface area (Å²) in [5.74, 6) is -4.29. The average Bonchev–Trinajstić information content (AvgIpc) is 2.70. The van der Waals surface area contributed by atoms with Crippen LogP contribution in [0.2, 0.25) is 0 Å². The van der Waals surface area contributed by atoms with Crippen molar-refractivity contribution >= 4 is 42.3 Å². The van der Waals surface area contributed by atoms with Crippen LogP contribution in [0.25, 0.3) is 0 Å². The number of hydrogen-bond acceptors (Lipinski definition) is 9. The molecule has 0 radical (unpaired) electrons. The average molecular weight is 466 g/mol. The summed E-state index contributed by atoms with van der Waals surface area (Å²) in [7, 11) is 0. The van der Waals surface area contributed by atoms with Gasteiger partial charge in [-0.05, 0) is 19.8 Å². The Kier molecular flexibility index (Phi) is 13.2. The zero-order chi connectivity index (χ0) is 24.1. The standard InChI is InChI=1S/C16H31N7O7S/c1-7(25)11(17)14(28)22-9(5-24)12(26)23-10(6-31)13(27)21-8(15(29)30)3-2-4-20-16(18)19/h7-11,24-25,31H,2-6,17H2,1H3,(H,21,27)(H,22,28)(H,23,26)(H,29,30)(H4,18,19,20). The highest BCUT2D eigenvalue weighted by atomic mass is 32.1. The van der Waals surface area contributed by atoms with Crippen molar-refractivity contribution in [2.75, 3.05) is 18.9 Å². The van der Waals surface area contributed by atoms with E-state index in [1.54, 1.807) is 0 Å². The maximum absolute atomic E-state index is 12.4. The summed E-state index contributed by atoms with van der Waals surface area (Å²) >= 11 is 3.97. The van der Waals surface area contributed by atoms with Gasteiger partial charge in [-0.15, -0.1) is 0 Å². The van der Waals surface area contributed by atoms with Gasteiger partial charge in [-0.25, -0.2) is 4.79 Å². The number of thiol groups is 1. The molecule has 0 aliphatic heterocycles. The number of amides is 3. The van der Waals surface area contributed by atoms with Gasteiger partial charge in [0.25, 0.3) is 0 Å². The fourth-order valence-electron chi connectivity index (χ4n) is 2.18. The molecule has 0 heterocycles. The van der Waals surface area contributed by atoms with Gasteiger partial charge >= 0.3 is 5.97 Å². The highest BCUT2D eigenvalue weighted by Gasteiger charge is 2.30. The first-order valence-electron chi connectivity index (χ1n) is 9.29. The number of nitrogens with zero attached hydrogens (tertiary/aromatic N) is 1. The van der Waals surface area contributed by atoms with Crippen LogP contribution in [-0.4, -0.2) is 94.1 Å². The molecule has 0 aromatic carbocycles. The number of aliphatic hydroxyl groups is 2. The molecule has 0 bridgehead atoms. The van der Waals surface area contributed by atoms with E-state index in [9.17, 15) is 34.5 Å². The van der Waals surface area contributed by atoms with Gasteiger partial charge in [0.15, 0.2) is 5.96 Å². The largest absolute Gasteiger partial charge is 0.480 e. The monoisotopic (exact) mass is 465 g/mol. The van der Waals surface area contributed by atoms with Gasteiger partial charge in [-0.1, -0.05) is 0 Å². The summed E-state index contributed by atoms with van der Waals surface area (Å²) in [6, 6.07) is -5.31. The van der Waals surface area contributed by atoms with E-state index in [2.05, 4.69) is 33.6 Å². The number of carbonyl (C=O) groups excluding carboxylic acids is 3. The molecule has 5 unspecified atom stereocenters. The minimum atomic E-state index is -1.46. The van der Waals surface area contributed by atoms with E-state index in [0.717, 1.165) is 0 Å². The minimum absolute atomic E-state index is 0.0254. The third kappa shape index (κ3) is 10.8. The number of carboxylic acids is 1. The van der Waals surface area contributed by atoms with Gasteiger partial charge in [-0.2, -0.15) is 12.6 Å². The van der Waals surface area contributed by atoms with Crippen LogP contribution in [0.3, 0.4) is 0 Å². The van der Waals surface area contributed by atoms with Gasteiger partial charge < -0.3 is 48.5 Å². The van der Waals surface area contributed by atoms with Crippen LogP contribution in [0.1, 0.15) is 19.8 Å². The lowest BCUT2D eigenvalue weighted by atomic mass is 10.1. The number of rotatable bonds is 14. The number of aliphatic carboxylic acids is 1.